The van der Waals surface area contributed by atoms with Crippen LogP contribution in [0.3, 0.4) is 0 Å². The Morgan fingerprint density at radius 1 is 1.17 bits per heavy atom. The number of allylic oxidation sites excluding steroid dienone is 1. The predicted octanol–water partition coefficient (Wildman–Crippen LogP) is 6.74. The highest BCUT2D eigenvalue weighted by Gasteiger charge is 2.44. The molecule has 9 nitrogen and oxygen atoms in total. The van der Waals surface area contributed by atoms with E-state index in [9.17, 15) is 18.9 Å². The first-order valence-corrected chi connectivity index (χ1v) is 21.0. The van der Waals surface area contributed by atoms with Crippen molar-refractivity contribution in [2.75, 3.05) is 43.3 Å². The van der Waals surface area contributed by atoms with Gasteiger partial charge in [0.25, 0.3) is 5.91 Å². The van der Waals surface area contributed by atoms with E-state index in [4.69, 9.17) is 21.1 Å². The smallest absolute Gasteiger partial charge is 0.285 e. The highest BCUT2D eigenvalue weighted by molar-refractivity contribution is 7.93. The van der Waals surface area contributed by atoms with Gasteiger partial charge in [0, 0.05) is 48.4 Å². The van der Waals surface area contributed by atoms with E-state index >= 15 is 0 Å². The van der Waals surface area contributed by atoms with Gasteiger partial charge in [-0.25, -0.2) is 4.21 Å². The fraction of sp³-hybridized carbons (Fsp3) is 0.476. The molecule has 282 valence electrons. The summed E-state index contributed by atoms with van der Waals surface area (Å²) in [5.74, 6) is -0.211. The summed E-state index contributed by atoms with van der Waals surface area (Å²) in [4.78, 5) is 29.4. The largest absolute Gasteiger partial charge is 0.490 e. The number of aryl methyl sites for hydroxylation is 1. The average molecular weight is 760 g/mol. The lowest BCUT2D eigenvalue weighted by molar-refractivity contribution is -0.128. The number of nitrogens with zero attached hydrogens (tertiary/aromatic N) is 2. The van der Waals surface area contributed by atoms with Crippen LogP contribution < -0.4 is 15.0 Å². The van der Waals surface area contributed by atoms with Crippen LogP contribution in [0, 0.1) is 17.8 Å². The molecule has 3 aromatic rings. The molecule has 2 aliphatic carbocycles. The Kier molecular flexibility index (Phi) is 11.3. The number of methoxy groups -OCH3 is 1. The van der Waals surface area contributed by atoms with Gasteiger partial charge in [0.2, 0.25) is 5.91 Å². The Bertz CT molecular complexity index is 1980. The van der Waals surface area contributed by atoms with Crippen molar-refractivity contribution in [3.8, 4) is 5.75 Å². The molecule has 2 aliphatic heterocycles. The van der Waals surface area contributed by atoms with Crippen molar-refractivity contribution in [3.05, 3.63) is 106 Å². The summed E-state index contributed by atoms with van der Waals surface area (Å²) in [7, 11) is -1.52. The Morgan fingerprint density at radius 2 is 2.00 bits per heavy atom. The molecule has 1 saturated carbocycles. The van der Waals surface area contributed by atoms with Gasteiger partial charge in [0.05, 0.1) is 28.1 Å². The topological polar surface area (TPSA) is 118 Å². The fourth-order valence-electron chi connectivity index (χ4n) is 8.70. The van der Waals surface area contributed by atoms with E-state index in [1.165, 1.54) is 11.1 Å². The number of carbonyl (C=O) groups is 2. The number of benzene rings is 3. The summed E-state index contributed by atoms with van der Waals surface area (Å²) in [6.45, 7) is 3.96. The lowest BCUT2D eigenvalue weighted by Gasteiger charge is -2.46. The number of halogens is 1. The monoisotopic (exact) mass is 759 g/mol. The highest BCUT2D eigenvalue weighted by Crippen LogP contribution is 2.47. The number of amides is 2. The van der Waals surface area contributed by atoms with Crippen LogP contribution >= 0.6 is 11.6 Å². The number of aliphatic hydroxyl groups is 1. The second-order valence-electron chi connectivity index (χ2n) is 15.5. The quantitative estimate of drug-likeness (QED) is 0.268. The minimum atomic E-state index is -3.28. The molecule has 2 bridgehead atoms. The van der Waals surface area contributed by atoms with Crippen LogP contribution in [0.2, 0.25) is 5.02 Å². The number of aliphatic hydroxyl groups excluding tert-OH is 1. The fourth-order valence-corrected chi connectivity index (χ4v) is 11.0. The first-order valence-electron chi connectivity index (χ1n) is 18.8. The van der Waals surface area contributed by atoms with Gasteiger partial charge in [-0.05, 0) is 103 Å². The number of fused-ring (bicyclic) bond motifs is 4. The third-order valence-corrected chi connectivity index (χ3v) is 14.0. The van der Waals surface area contributed by atoms with E-state index in [2.05, 4.69) is 38.9 Å². The van der Waals surface area contributed by atoms with Crippen LogP contribution in [0.15, 0.2) is 83.2 Å². The number of rotatable bonds is 6. The zero-order chi connectivity index (χ0) is 37.2. The molecule has 2 heterocycles. The summed E-state index contributed by atoms with van der Waals surface area (Å²) < 4.78 is 31.6. The van der Waals surface area contributed by atoms with Gasteiger partial charge in [-0.2, -0.15) is 4.36 Å². The van der Waals surface area contributed by atoms with E-state index in [-0.39, 0.29) is 35.5 Å². The molecule has 0 saturated heterocycles. The minimum absolute atomic E-state index is 0.0598. The Balaban J connectivity index is 1.23. The first kappa shape index (κ1) is 37.6. The van der Waals surface area contributed by atoms with Gasteiger partial charge < -0.3 is 24.8 Å². The molecule has 7 rings (SSSR count). The molecule has 0 unspecified atom stereocenters. The number of nitrogens with one attached hydrogen (secondary N) is 1. The second kappa shape index (κ2) is 16.0. The molecule has 53 heavy (non-hydrogen) atoms. The molecule has 0 aromatic heterocycles. The van der Waals surface area contributed by atoms with Crippen LogP contribution in [-0.4, -0.2) is 71.8 Å². The summed E-state index contributed by atoms with van der Waals surface area (Å²) in [6.07, 6.45) is 8.66. The zero-order valence-electron chi connectivity index (χ0n) is 30.5. The third kappa shape index (κ3) is 8.36. The summed E-state index contributed by atoms with van der Waals surface area (Å²) in [5.41, 5.74) is 4.20. The number of carbonyl (C=O) groups excluding carboxylic acids is 2. The molecule has 4 aliphatic rings. The third-order valence-electron chi connectivity index (χ3n) is 11.6. The maximum absolute atomic E-state index is 14.6. The minimum Gasteiger partial charge on any atom is -0.490 e. The number of anilines is 1. The van der Waals surface area contributed by atoms with Crippen molar-refractivity contribution >= 4 is 38.8 Å². The summed E-state index contributed by atoms with van der Waals surface area (Å²) in [5, 5.41) is 14.0. The van der Waals surface area contributed by atoms with Crippen LogP contribution in [0.4, 0.5) is 5.69 Å². The van der Waals surface area contributed by atoms with Gasteiger partial charge in [-0.15, -0.1) is 0 Å². The van der Waals surface area contributed by atoms with Crippen molar-refractivity contribution in [2.45, 2.75) is 69.5 Å². The Morgan fingerprint density at radius 3 is 2.77 bits per heavy atom. The van der Waals surface area contributed by atoms with Gasteiger partial charge in [0.15, 0.2) is 0 Å². The van der Waals surface area contributed by atoms with Gasteiger partial charge in [0.1, 0.15) is 17.7 Å². The molecule has 2 N–H and O–H groups in total. The van der Waals surface area contributed by atoms with E-state index in [1.54, 1.807) is 13.2 Å². The molecule has 2 amide bonds. The SMILES string of the molecule is CO[C@H]1/C=C/C[C@H](C)C[S@@](=O)(CNC(=O)[C@@H](O)Cc2ccccc2)=NC(=O)c2ccc3c(c2)N(C[C@@H]2CC[C@H]21)C[C@@]1(CCCc2cc(Cl)ccc21)CO3. The lowest BCUT2D eigenvalue weighted by atomic mass is 9.68. The van der Waals surface area contributed by atoms with Crippen molar-refractivity contribution in [1.82, 2.24) is 5.32 Å². The van der Waals surface area contributed by atoms with Crippen molar-refractivity contribution in [3.63, 3.8) is 0 Å². The summed E-state index contributed by atoms with van der Waals surface area (Å²) >= 11 is 6.46. The maximum Gasteiger partial charge on any atom is 0.285 e. The molecule has 1 spiro atoms. The molecule has 1 fully saturated rings. The molecular weight excluding hydrogens is 710 g/mol. The van der Waals surface area contributed by atoms with E-state index in [1.807, 2.05) is 55.5 Å². The maximum atomic E-state index is 14.6. The lowest BCUT2D eigenvalue weighted by Crippen LogP contribution is -2.49. The van der Waals surface area contributed by atoms with Crippen LogP contribution in [0.5, 0.6) is 5.75 Å². The van der Waals surface area contributed by atoms with Crippen molar-refractivity contribution in [1.29, 1.82) is 0 Å². The first-order chi connectivity index (χ1) is 25.5. The van der Waals surface area contributed by atoms with E-state index < -0.39 is 27.6 Å². The van der Waals surface area contributed by atoms with Crippen molar-refractivity contribution < 1.29 is 28.4 Å². The molecule has 0 radical (unpaired) electrons. The number of hydrogen-bond acceptors (Lipinski definition) is 7. The second-order valence-corrected chi connectivity index (χ2v) is 18.3. The predicted molar refractivity (Wildman–Crippen MR) is 209 cm³/mol. The normalized spacial score (nSPS) is 29.7. The van der Waals surface area contributed by atoms with Gasteiger partial charge in [-0.3, -0.25) is 9.59 Å². The van der Waals surface area contributed by atoms with Gasteiger partial charge >= 0.3 is 0 Å². The molecule has 3 aromatic carbocycles. The molecular formula is C42H50ClN3O6S. The standard InChI is InChI=1S/C42H50ClN3O6S/c1-28-8-6-12-38(51-2)34-16-13-32(34)23-46-25-42(19-7-11-30-21-33(43)15-17-35(30)42)26-52-39-18-14-31(22-36(39)46)40(48)45-53(50,24-28)27-44-41(49)37(47)20-29-9-4-3-5-10-29/h3-6,9-10,12,14-15,17-18,21-22,28,32,34,37-38,47H,7-8,11,13,16,19-20,23-27H2,1-2H3,(H,44,49)/b12-6+/t28-,32-,34+,37-,38-,42-,53+/m0/s1. The van der Waals surface area contributed by atoms with Gasteiger partial charge in [-0.1, -0.05) is 67.1 Å². The molecule has 7 atom stereocenters. The average Bonchev–Trinajstić information content (AvgIpc) is 3.28. The molecule has 11 heteroatoms. The Hall–Kier alpha value is -3.70. The Labute approximate surface area is 318 Å². The zero-order valence-corrected chi connectivity index (χ0v) is 32.1. The van der Waals surface area contributed by atoms with E-state index in [0.717, 1.165) is 54.9 Å². The summed E-state index contributed by atoms with van der Waals surface area (Å²) in [6, 6.07) is 20.8. The highest BCUT2D eigenvalue weighted by atomic mass is 35.5. The number of ether oxygens (including phenoxy) is 2. The van der Waals surface area contributed by atoms with Crippen LogP contribution in [-0.2, 0) is 37.5 Å². The van der Waals surface area contributed by atoms with Crippen LogP contribution in [0.25, 0.3) is 0 Å². The number of hydrogen-bond donors (Lipinski definition) is 2. The van der Waals surface area contributed by atoms with E-state index in [0.29, 0.717) is 42.7 Å². The van der Waals surface area contributed by atoms with Crippen LogP contribution in [0.1, 0.15) is 66.1 Å². The van der Waals surface area contributed by atoms with Crippen molar-refractivity contribution in [2.24, 2.45) is 22.1 Å².